The van der Waals surface area contributed by atoms with Gasteiger partial charge in [0.1, 0.15) is 0 Å². The van der Waals surface area contributed by atoms with E-state index in [0.29, 0.717) is 11.5 Å². The minimum Gasteiger partial charge on any atom is -0.385 e. The highest BCUT2D eigenvalue weighted by Gasteiger charge is 2.30. The molecule has 0 spiro atoms. The maximum atomic E-state index is 11.1. The van der Waals surface area contributed by atoms with Crippen molar-refractivity contribution in [2.75, 3.05) is 17.2 Å². The number of nitro groups is 1. The van der Waals surface area contributed by atoms with Gasteiger partial charge in [-0.1, -0.05) is 20.8 Å². The zero-order valence-electron chi connectivity index (χ0n) is 13.1. The molecule has 1 aliphatic rings. The number of rotatable bonds is 6. The molecule has 0 bridgehead atoms. The molecule has 116 valence electrons. The molecule has 0 aliphatic heterocycles. The SMILES string of the molecule is CCCNc1cc(NC2CCC(C)(C)C2)cc([N+](=O)[O-])c1. The Bertz CT molecular complexity index is 514. The summed E-state index contributed by atoms with van der Waals surface area (Å²) < 4.78 is 0. The maximum Gasteiger partial charge on any atom is 0.273 e. The van der Waals surface area contributed by atoms with Gasteiger partial charge in [0.15, 0.2) is 0 Å². The number of nitrogens with one attached hydrogen (secondary N) is 2. The third-order valence-electron chi connectivity index (χ3n) is 4.05. The van der Waals surface area contributed by atoms with Crippen LogP contribution in [0.4, 0.5) is 17.1 Å². The van der Waals surface area contributed by atoms with Crippen molar-refractivity contribution in [3.8, 4) is 0 Å². The van der Waals surface area contributed by atoms with Crippen molar-refractivity contribution in [3.63, 3.8) is 0 Å². The van der Waals surface area contributed by atoms with Gasteiger partial charge in [-0.25, -0.2) is 0 Å². The molecule has 1 aliphatic carbocycles. The lowest BCUT2D eigenvalue weighted by molar-refractivity contribution is -0.384. The molecule has 0 heterocycles. The van der Waals surface area contributed by atoms with E-state index >= 15 is 0 Å². The first-order valence-corrected chi connectivity index (χ1v) is 7.69. The van der Waals surface area contributed by atoms with Gasteiger partial charge in [-0.15, -0.1) is 0 Å². The van der Waals surface area contributed by atoms with Crippen LogP contribution in [0.2, 0.25) is 0 Å². The monoisotopic (exact) mass is 291 g/mol. The number of benzene rings is 1. The van der Waals surface area contributed by atoms with Crippen molar-refractivity contribution in [2.45, 2.75) is 52.5 Å². The van der Waals surface area contributed by atoms with Crippen LogP contribution in [0.15, 0.2) is 18.2 Å². The molecular weight excluding hydrogens is 266 g/mol. The first-order valence-electron chi connectivity index (χ1n) is 7.69. The van der Waals surface area contributed by atoms with Gasteiger partial charge < -0.3 is 10.6 Å². The van der Waals surface area contributed by atoms with Crippen molar-refractivity contribution in [1.82, 2.24) is 0 Å². The molecule has 2 rings (SSSR count). The van der Waals surface area contributed by atoms with Crippen LogP contribution < -0.4 is 10.6 Å². The van der Waals surface area contributed by atoms with Gasteiger partial charge in [-0.2, -0.15) is 0 Å². The minimum atomic E-state index is -0.332. The molecule has 0 radical (unpaired) electrons. The number of hydrogen-bond acceptors (Lipinski definition) is 4. The highest BCUT2D eigenvalue weighted by Crippen LogP contribution is 2.38. The Kier molecular flexibility index (Phi) is 4.70. The van der Waals surface area contributed by atoms with Crippen LogP contribution in [0.25, 0.3) is 0 Å². The lowest BCUT2D eigenvalue weighted by atomic mass is 9.92. The molecule has 21 heavy (non-hydrogen) atoms. The second-order valence-electron chi connectivity index (χ2n) is 6.70. The summed E-state index contributed by atoms with van der Waals surface area (Å²) in [5.74, 6) is 0. The fourth-order valence-corrected chi connectivity index (χ4v) is 2.97. The van der Waals surface area contributed by atoms with E-state index in [1.54, 1.807) is 12.1 Å². The smallest absolute Gasteiger partial charge is 0.273 e. The average Bonchev–Trinajstić information content (AvgIpc) is 2.75. The van der Waals surface area contributed by atoms with E-state index in [4.69, 9.17) is 0 Å². The van der Waals surface area contributed by atoms with Crippen molar-refractivity contribution in [3.05, 3.63) is 28.3 Å². The molecule has 1 aromatic carbocycles. The third-order valence-corrected chi connectivity index (χ3v) is 4.05. The summed E-state index contributed by atoms with van der Waals surface area (Å²) in [7, 11) is 0. The molecule has 0 saturated heterocycles. The summed E-state index contributed by atoms with van der Waals surface area (Å²) in [5, 5.41) is 17.8. The van der Waals surface area contributed by atoms with E-state index in [-0.39, 0.29) is 10.6 Å². The highest BCUT2D eigenvalue weighted by molar-refractivity contribution is 5.63. The molecule has 1 saturated carbocycles. The number of anilines is 2. The molecule has 1 fully saturated rings. The van der Waals surface area contributed by atoms with Crippen LogP contribution in [-0.4, -0.2) is 17.5 Å². The quantitative estimate of drug-likeness (QED) is 0.602. The number of non-ortho nitro benzene ring substituents is 1. The Morgan fingerprint density at radius 1 is 1.33 bits per heavy atom. The largest absolute Gasteiger partial charge is 0.385 e. The van der Waals surface area contributed by atoms with E-state index in [1.165, 1.54) is 6.42 Å². The maximum absolute atomic E-state index is 11.1. The fourth-order valence-electron chi connectivity index (χ4n) is 2.97. The molecule has 1 unspecified atom stereocenters. The van der Waals surface area contributed by atoms with Crippen LogP contribution in [0, 0.1) is 15.5 Å². The zero-order valence-corrected chi connectivity index (χ0v) is 13.1. The lowest BCUT2D eigenvalue weighted by Gasteiger charge is -2.19. The summed E-state index contributed by atoms with van der Waals surface area (Å²) >= 11 is 0. The molecular formula is C16H25N3O2. The molecule has 1 atom stereocenters. The number of nitro benzene ring substituents is 1. The topological polar surface area (TPSA) is 67.2 Å². The predicted octanol–water partition coefficient (Wildman–Crippen LogP) is 4.41. The van der Waals surface area contributed by atoms with Gasteiger partial charge in [0.2, 0.25) is 0 Å². The van der Waals surface area contributed by atoms with E-state index in [2.05, 4.69) is 31.4 Å². The second kappa shape index (κ2) is 6.33. The summed E-state index contributed by atoms with van der Waals surface area (Å²) in [4.78, 5) is 10.7. The average molecular weight is 291 g/mol. The van der Waals surface area contributed by atoms with E-state index in [9.17, 15) is 10.1 Å². The molecule has 0 amide bonds. The lowest BCUT2D eigenvalue weighted by Crippen LogP contribution is -2.17. The normalized spacial score (nSPS) is 20.2. The van der Waals surface area contributed by atoms with Crippen LogP contribution in [0.1, 0.15) is 46.5 Å². The standard InChI is InChI=1S/C16H25N3O2/c1-4-7-17-13-8-14(10-15(9-13)19(20)21)18-12-5-6-16(2,3)11-12/h8-10,12,17-18H,4-7,11H2,1-3H3. The molecule has 5 nitrogen and oxygen atoms in total. The summed E-state index contributed by atoms with van der Waals surface area (Å²) in [5.41, 5.74) is 2.15. The first kappa shape index (κ1) is 15.6. The fraction of sp³-hybridized carbons (Fsp3) is 0.625. The van der Waals surface area contributed by atoms with E-state index in [0.717, 1.165) is 37.2 Å². The summed E-state index contributed by atoms with van der Waals surface area (Å²) in [6.07, 6.45) is 4.41. The van der Waals surface area contributed by atoms with Crippen LogP contribution in [0.3, 0.4) is 0 Å². The van der Waals surface area contributed by atoms with Crippen molar-refractivity contribution in [1.29, 1.82) is 0 Å². The van der Waals surface area contributed by atoms with Gasteiger partial charge in [-0.3, -0.25) is 10.1 Å². The Labute approximate surface area is 126 Å². The predicted molar refractivity (Wildman–Crippen MR) is 86.9 cm³/mol. The Morgan fingerprint density at radius 3 is 2.62 bits per heavy atom. The van der Waals surface area contributed by atoms with Crippen LogP contribution >= 0.6 is 0 Å². The van der Waals surface area contributed by atoms with Crippen LogP contribution in [0.5, 0.6) is 0 Å². The second-order valence-corrected chi connectivity index (χ2v) is 6.70. The van der Waals surface area contributed by atoms with Gasteiger partial charge in [-0.05, 0) is 37.2 Å². The zero-order chi connectivity index (χ0) is 15.5. The molecule has 2 N–H and O–H groups in total. The molecule has 1 aromatic rings. The Hall–Kier alpha value is -1.78. The van der Waals surface area contributed by atoms with Gasteiger partial charge >= 0.3 is 0 Å². The van der Waals surface area contributed by atoms with Gasteiger partial charge in [0, 0.05) is 36.1 Å². The number of hydrogen-bond donors (Lipinski definition) is 2. The number of nitrogens with zero attached hydrogens (tertiary/aromatic N) is 1. The molecule has 0 aromatic heterocycles. The first-order chi connectivity index (χ1) is 9.89. The van der Waals surface area contributed by atoms with Gasteiger partial charge in [0.05, 0.1) is 4.92 Å². The van der Waals surface area contributed by atoms with Gasteiger partial charge in [0.25, 0.3) is 5.69 Å². The van der Waals surface area contributed by atoms with Crippen molar-refractivity contribution in [2.24, 2.45) is 5.41 Å². The third kappa shape index (κ3) is 4.34. The van der Waals surface area contributed by atoms with Crippen molar-refractivity contribution < 1.29 is 4.92 Å². The summed E-state index contributed by atoms with van der Waals surface area (Å²) in [6.45, 7) is 7.44. The van der Waals surface area contributed by atoms with Crippen LogP contribution in [-0.2, 0) is 0 Å². The van der Waals surface area contributed by atoms with Crippen molar-refractivity contribution >= 4 is 17.1 Å². The van der Waals surface area contributed by atoms with E-state index in [1.807, 2.05) is 6.07 Å². The Balaban J connectivity index is 2.14. The minimum absolute atomic E-state index is 0.135. The van der Waals surface area contributed by atoms with E-state index < -0.39 is 0 Å². The summed E-state index contributed by atoms with van der Waals surface area (Å²) in [6, 6.07) is 5.59. The Morgan fingerprint density at radius 2 is 2.05 bits per heavy atom. The highest BCUT2D eigenvalue weighted by atomic mass is 16.6. The molecule has 5 heteroatoms.